The van der Waals surface area contributed by atoms with Crippen LogP contribution in [0.3, 0.4) is 0 Å². The van der Waals surface area contributed by atoms with Crippen molar-refractivity contribution in [1.29, 1.82) is 0 Å². The fourth-order valence-electron chi connectivity index (χ4n) is 3.28. The number of benzene rings is 2. The van der Waals surface area contributed by atoms with Gasteiger partial charge in [-0.1, -0.05) is 30.3 Å². The van der Waals surface area contributed by atoms with Gasteiger partial charge in [0.2, 0.25) is 11.6 Å². The molecular formula is C20H17FN2O3. The molecule has 5 nitrogen and oxygen atoms in total. The molecule has 1 heterocycles. The molecule has 0 unspecified atom stereocenters. The lowest BCUT2D eigenvalue weighted by atomic mass is 9.89. The Hall–Kier alpha value is -2.99. The number of allylic oxidation sites excluding steroid dienone is 2. The molecule has 1 saturated heterocycles. The summed E-state index contributed by atoms with van der Waals surface area (Å²) in [7, 11) is 0. The van der Waals surface area contributed by atoms with Gasteiger partial charge in [0, 0.05) is 29.9 Å². The Morgan fingerprint density at radius 2 is 1.62 bits per heavy atom. The fraction of sp³-hybridized carbons (Fsp3) is 0.200. The highest BCUT2D eigenvalue weighted by Crippen LogP contribution is 2.30. The van der Waals surface area contributed by atoms with Gasteiger partial charge >= 0.3 is 0 Å². The van der Waals surface area contributed by atoms with Gasteiger partial charge in [-0.05, 0) is 18.2 Å². The monoisotopic (exact) mass is 352 g/mol. The number of ketones is 2. The van der Waals surface area contributed by atoms with Crippen LogP contribution in [0.2, 0.25) is 0 Å². The third kappa shape index (κ3) is 2.88. The van der Waals surface area contributed by atoms with E-state index < -0.39 is 5.82 Å². The largest absolute Gasteiger partial charge is 0.378 e. The highest BCUT2D eigenvalue weighted by molar-refractivity contribution is 6.27. The third-order valence-corrected chi connectivity index (χ3v) is 4.52. The van der Waals surface area contributed by atoms with E-state index in [-0.39, 0.29) is 17.3 Å². The number of carbonyl (C=O) groups excluding carboxylic acids is 2. The van der Waals surface area contributed by atoms with Gasteiger partial charge in [-0.3, -0.25) is 9.59 Å². The second-order valence-corrected chi connectivity index (χ2v) is 6.16. The predicted octanol–water partition coefficient (Wildman–Crippen LogP) is 2.86. The quantitative estimate of drug-likeness (QED) is 0.921. The third-order valence-electron chi connectivity index (χ3n) is 4.52. The topological polar surface area (TPSA) is 58.6 Å². The summed E-state index contributed by atoms with van der Waals surface area (Å²) in [5.74, 6) is -0.898. The summed E-state index contributed by atoms with van der Waals surface area (Å²) in [6, 6.07) is 12.6. The van der Waals surface area contributed by atoms with Crippen molar-refractivity contribution in [3.8, 4) is 0 Å². The van der Waals surface area contributed by atoms with Gasteiger partial charge in [-0.15, -0.1) is 0 Å². The van der Waals surface area contributed by atoms with E-state index in [1.807, 2.05) is 4.90 Å². The van der Waals surface area contributed by atoms with Crippen molar-refractivity contribution >= 4 is 17.3 Å². The normalized spacial score (nSPS) is 17.3. The molecule has 132 valence electrons. The van der Waals surface area contributed by atoms with Crippen LogP contribution >= 0.6 is 0 Å². The summed E-state index contributed by atoms with van der Waals surface area (Å²) in [6.07, 6.45) is 0. The van der Waals surface area contributed by atoms with Crippen molar-refractivity contribution in [1.82, 2.24) is 4.90 Å². The first-order chi connectivity index (χ1) is 12.6. The minimum atomic E-state index is -0.418. The number of morpholine rings is 1. The van der Waals surface area contributed by atoms with Gasteiger partial charge in [0.25, 0.3) is 0 Å². The number of nitrogens with one attached hydrogen (secondary N) is 1. The summed E-state index contributed by atoms with van der Waals surface area (Å²) in [5, 5.41) is 2.98. The average molecular weight is 352 g/mol. The van der Waals surface area contributed by atoms with Crippen molar-refractivity contribution in [3.05, 3.63) is 76.9 Å². The molecule has 1 aliphatic heterocycles. The molecule has 0 atom stereocenters. The highest BCUT2D eigenvalue weighted by Gasteiger charge is 2.35. The number of carbonyl (C=O) groups is 2. The van der Waals surface area contributed by atoms with Crippen molar-refractivity contribution < 1.29 is 18.7 Å². The molecule has 26 heavy (non-hydrogen) atoms. The van der Waals surface area contributed by atoms with E-state index in [9.17, 15) is 14.0 Å². The number of anilines is 1. The molecule has 0 spiro atoms. The van der Waals surface area contributed by atoms with E-state index in [1.54, 1.807) is 36.4 Å². The molecule has 0 amide bonds. The molecule has 0 radical (unpaired) electrons. The molecule has 1 aliphatic carbocycles. The predicted molar refractivity (Wildman–Crippen MR) is 94.5 cm³/mol. The molecule has 2 aliphatic rings. The molecule has 4 rings (SSSR count). The Labute approximate surface area is 150 Å². The Kier molecular flexibility index (Phi) is 4.26. The van der Waals surface area contributed by atoms with Crippen LogP contribution in [-0.2, 0) is 4.74 Å². The lowest BCUT2D eigenvalue weighted by molar-refractivity contribution is 0.0496. The zero-order chi connectivity index (χ0) is 18.1. The zero-order valence-corrected chi connectivity index (χ0v) is 14.0. The summed E-state index contributed by atoms with van der Waals surface area (Å²) in [5.41, 5.74) is 1.67. The SMILES string of the molecule is O=C1C(Nc2cccc(F)c2)=C(N2CCOCC2)C(=O)c2ccccc21. The molecule has 6 heteroatoms. The molecule has 0 saturated carbocycles. The van der Waals surface area contributed by atoms with Crippen LogP contribution in [0.25, 0.3) is 0 Å². The smallest absolute Gasteiger partial charge is 0.212 e. The van der Waals surface area contributed by atoms with Gasteiger partial charge in [0.05, 0.1) is 13.2 Å². The molecule has 2 aromatic carbocycles. The summed E-state index contributed by atoms with van der Waals surface area (Å²) >= 11 is 0. The van der Waals surface area contributed by atoms with Crippen LogP contribution < -0.4 is 5.32 Å². The molecule has 2 aromatic rings. The first kappa shape index (κ1) is 16.5. The van der Waals surface area contributed by atoms with Gasteiger partial charge in [-0.2, -0.15) is 0 Å². The average Bonchev–Trinajstić information content (AvgIpc) is 2.67. The summed E-state index contributed by atoms with van der Waals surface area (Å²) in [6.45, 7) is 2.01. The number of nitrogens with zero attached hydrogens (tertiary/aromatic N) is 1. The van der Waals surface area contributed by atoms with Gasteiger partial charge in [0.1, 0.15) is 17.2 Å². The molecular weight excluding hydrogens is 335 g/mol. The van der Waals surface area contributed by atoms with Crippen LogP contribution in [0.5, 0.6) is 0 Å². The first-order valence-electron chi connectivity index (χ1n) is 8.43. The van der Waals surface area contributed by atoms with Gasteiger partial charge in [0.15, 0.2) is 0 Å². The Morgan fingerprint density at radius 3 is 2.31 bits per heavy atom. The lowest BCUT2D eigenvalue weighted by Crippen LogP contribution is -2.42. The van der Waals surface area contributed by atoms with Crippen LogP contribution in [-0.4, -0.2) is 42.8 Å². The Morgan fingerprint density at radius 1 is 0.923 bits per heavy atom. The number of rotatable bonds is 3. The van der Waals surface area contributed by atoms with Crippen LogP contribution in [0, 0.1) is 5.82 Å². The van der Waals surface area contributed by atoms with Crippen molar-refractivity contribution in [3.63, 3.8) is 0 Å². The van der Waals surface area contributed by atoms with Crippen LogP contribution in [0.15, 0.2) is 59.9 Å². The first-order valence-corrected chi connectivity index (χ1v) is 8.43. The number of fused-ring (bicyclic) bond motifs is 1. The minimum Gasteiger partial charge on any atom is -0.378 e. The maximum absolute atomic E-state index is 13.6. The number of Topliss-reactive ketones (excluding diaryl/α,β-unsaturated/α-hetero) is 2. The van der Waals surface area contributed by atoms with Gasteiger partial charge < -0.3 is 15.0 Å². The second kappa shape index (κ2) is 6.72. The van der Waals surface area contributed by atoms with Crippen LogP contribution in [0.1, 0.15) is 20.7 Å². The molecule has 1 fully saturated rings. The van der Waals surface area contributed by atoms with Crippen molar-refractivity contribution in [2.75, 3.05) is 31.6 Å². The van der Waals surface area contributed by atoms with Crippen molar-refractivity contribution in [2.24, 2.45) is 0 Å². The lowest BCUT2D eigenvalue weighted by Gasteiger charge is -2.34. The maximum atomic E-state index is 13.6. The Bertz CT molecular complexity index is 917. The van der Waals surface area contributed by atoms with E-state index in [4.69, 9.17) is 4.74 Å². The number of hydrogen-bond acceptors (Lipinski definition) is 5. The highest BCUT2D eigenvalue weighted by atomic mass is 19.1. The minimum absolute atomic E-state index is 0.182. The molecule has 0 aromatic heterocycles. The van der Waals surface area contributed by atoms with E-state index in [0.717, 1.165) is 0 Å². The standard InChI is InChI=1S/C20H17FN2O3/c21-13-4-3-5-14(12-13)22-17-18(23-8-10-26-11-9-23)20(25)16-7-2-1-6-15(16)19(17)24/h1-7,12,22H,8-11H2. The van der Waals surface area contributed by atoms with E-state index in [1.165, 1.54) is 12.1 Å². The molecule has 0 bridgehead atoms. The number of hydrogen-bond donors (Lipinski definition) is 1. The maximum Gasteiger partial charge on any atom is 0.212 e. The van der Waals surface area contributed by atoms with Crippen molar-refractivity contribution in [2.45, 2.75) is 0 Å². The number of ether oxygens (including phenoxy) is 1. The molecule has 1 N–H and O–H groups in total. The van der Waals surface area contributed by atoms with Crippen LogP contribution in [0.4, 0.5) is 10.1 Å². The van der Waals surface area contributed by atoms with E-state index >= 15 is 0 Å². The summed E-state index contributed by atoms with van der Waals surface area (Å²) < 4.78 is 18.9. The summed E-state index contributed by atoms with van der Waals surface area (Å²) in [4.78, 5) is 28.1. The zero-order valence-electron chi connectivity index (χ0n) is 14.0. The number of halogens is 1. The Balaban J connectivity index is 1.82. The van der Waals surface area contributed by atoms with E-state index in [2.05, 4.69) is 5.32 Å². The fourth-order valence-corrected chi connectivity index (χ4v) is 3.28. The van der Waals surface area contributed by atoms with Gasteiger partial charge in [-0.25, -0.2) is 4.39 Å². The second-order valence-electron chi connectivity index (χ2n) is 6.16. The van der Waals surface area contributed by atoms with E-state index in [0.29, 0.717) is 48.8 Å².